The van der Waals surface area contributed by atoms with Crippen LogP contribution in [-0.4, -0.2) is 20.4 Å². The fraction of sp³-hybridized carbons (Fsp3) is 0.300. The fourth-order valence-electron chi connectivity index (χ4n) is 0.835. The fourth-order valence-corrected chi connectivity index (χ4v) is 0.835. The Morgan fingerprint density at radius 3 is 2.21 bits per heavy atom. The molecule has 0 saturated carbocycles. The normalized spacial score (nSPS) is 8.43. The van der Waals surface area contributed by atoms with Crippen molar-refractivity contribution in [3.63, 3.8) is 0 Å². The van der Waals surface area contributed by atoms with Gasteiger partial charge in [0.15, 0.2) is 11.5 Å². The molecule has 0 aliphatic heterocycles. The number of carbonyl (C=O) groups is 1. The largest absolute Gasteiger partial charge is 0.513 e. The molecule has 0 unspecified atom stereocenters. The van der Waals surface area contributed by atoms with E-state index in [0.717, 1.165) is 0 Å². The lowest BCUT2D eigenvalue weighted by Crippen LogP contribution is -2.07. The van der Waals surface area contributed by atoms with Gasteiger partial charge in [-0.1, -0.05) is 19.6 Å². The van der Waals surface area contributed by atoms with E-state index in [-0.39, 0.29) is 7.43 Å². The van der Waals surface area contributed by atoms with E-state index in [9.17, 15) is 4.79 Å². The average Bonchev–Trinajstić information content (AvgIpc) is 2.18. The topological polar surface area (TPSA) is 44.8 Å². The van der Waals surface area contributed by atoms with Crippen LogP contribution in [0.15, 0.2) is 24.3 Å². The monoisotopic (exact) mass is 198 g/mol. The van der Waals surface area contributed by atoms with E-state index >= 15 is 0 Å². The van der Waals surface area contributed by atoms with E-state index in [1.165, 1.54) is 14.2 Å². The Bertz CT molecular complexity index is 296. The molecule has 0 aliphatic rings. The molecule has 0 aliphatic carbocycles. The summed E-state index contributed by atoms with van der Waals surface area (Å²) in [6.45, 7) is 0. The maximum Gasteiger partial charge on any atom is 0.513 e. The van der Waals surface area contributed by atoms with E-state index < -0.39 is 6.16 Å². The maximum absolute atomic E-state index is 10.7. The number of hydrogen-bond donors (Lipinski definition) is 0. The number of hydrogen-bond acceptors (Lipinski definition) is 4. The highest BCUT2D eigenvalue weighted by Crippen LogP contribution is 2.25. The molecule has 0 radical (unpaired) electrons. The molecule has 0 spiro atoms. The minimum Gasteiger partial charge on any atom is -0.493 e. The first-order valence-electron chi connectivity index (χ1n) is 3.66. The van der Waals surface area contributed by atoms with Crippen molar-refractivity contribution >= 4 is 6.16 Å². The Hall–Kier alpha value is -1.71. The van der Waals surface area contributed by atoms with Crippen LogP contribution in [0.2, 0.25) is 0 Å². The van der Waals surface area contributed by atoms with Gasteiger partial charge in [-0.25, -0.2) is 4.79 Å². The molecule has 0 saturated heterocycles. The zero-order valence-electron chi connectivity index (χ0n) is 7.44. The number of methoxy groups -OCH3 is 2. The van der Waals surface area contributed by atoms with E-state index in [2.05, 4.69) is 4.74 Å². The number of benzene rings is 1. The molecule has 0 N–H and O–H groups in total. The van der Waals surface area contributed by atoms with Crippen LogP contribution in [0.4, 0.5) is 4.79 Å². The minimum absolute atomic E-state index is 0. The van der Waals surface area contributed by atoms with Crippen LogP contribution in [0.1, 0.15) is 7.43 Å². The molecule has 0 bridgehead atoms. The third kappa shape index (κ3) is 2.97. The molecular formula is C10H14O4. The van der Waals surface area contributed by atoms with Crippen LogP contribution >= 0.6 is 0 Å². The second-order valence-electron chi connectivity index (χ2n) is 2.21. The lowest BCUT2D eigenvalue weighted by atomic mass is 10.3. The predicted molar refractivity (Wildman–Crippen MR) is 52.8 cm³/mol. The van der Waals surface area contributed by atoms with Gasteiger partial charge in [-0.3, -0.25) is 0 Å². The molecule has 14 heavy (non-hydrogen) atoms. The van der Waals surface area contributed by atoms with Crippen LogP contribution in [0, 0.1) is 0 Å². The SMILES string of the molecule is C.COC(=O)Oc1ccccc1OC. The smallest absolute Gasteiger partial charge is 0.493 e. The Kier molecular flexibility index (Phi) is 5.14. The summed E-state index contributed by atoms with van der Waals surface area (Å²) in [4.78, 5) is 10.7. The first-order valence-corrected chi connectivity index (χ1v) is 3.66. The van der Waals surface area contributed by atoms with Crippen molar-refractivity contribution in [3.05, 3.63) is 24.3 Å². The summed E-state index contributed by atoms with van der Waals surface area (Å²) in [6, 6.07) is 6.83. The second-order valence-corrected chi connectivity index (χ2v) is 2.21. The molecule has 1 rings (SSSR count). The Labute approximate surface area is 83.4 Å². The van der Waals surface area contributed by atoms with Crippen molar-refractivity contribution in [2.24, 2.45) is 0 Å². The van der Waals surface area contributed by atoms with Gasteiger partial charge in [-0.05, 0) is 12.1 Å². The van der Waals surface area contributed by atoms with Crippen LogP contribution in [0.5, 0.6) is 11.5 Å². The van der Waals surface area contributed by atoms with Crippen molar-refractivity contribution in [2.45, 2.75) is 7.43 Å². The van der Waals surface area contributed by atoms with Gasteiger partial charge in [0.1, 0.15) is 0 Å². The molecular weight excluding hydrogens is 184 g/mol. The van der Waals surface area contributed by atoms with Gasteiger partial charge >= 0.3 is 6.16 Å². The number of para-hydroxylation sites is 2. The summed E-state index contributed by atoms with van der Waals surface area (Å²) in [7, 11) is 2.75. The van der Waals surface area contributed by atoms with Crippen molar-refractivity contribution in [1.82, 2.24) is 0 Å². The third-order valence-electron chi connectivity index (χ3n) is 1.43. The highest BCUT2D eigenvalue weighted by Gasteiger charge is 2.07. The van der Waals surface area contributed by atoms with E-state index in [1.807, 2.05) is 0 Å². The number of carbonyl (C=O) groups excluding carboxylic acids is 1. The van der Waals surface area contributed by atoms with Gasteiger partial charge in [0.2, 0.25) is 0 Å². The molecule has 0 fully saturated rings. The number of ether oxygens (including phenoxy) is 3. The van der Waals surface area contributed by atoms with Gasteiger partial charge < -0.3 is 14.2 Å². The molecule has 0 heterocycles. The van der Waals surface area contributed by atoms with Gasteiger partial charge in [-0.2, -0.15) is 0 Å². The maximum atomic E-state index is 10.7. The highest BCUT2D eigenvalue weighted by molar-refractivity contribution is 5.65. The van der Waals surface area contributed by atoms with Crippen LogP contribution < -0.4 is 9.47 Å². The zero-order valence-corrected chi connectivity index (χ0v) is 7.44. The highest BCUT2D eigenvalue weighted by atomic mass is 16.7. The molecule has 0 atom stereocenters. The van der Waals surface area contributed by atoms with E-state index in [1.54, 1.807) is 24.3 Å². The average molecular weight is 198 g/mol. The lowest BCUT2D eigenvalue weighted by molar-refractivity contribution is 0.120. The Balaban J connectivity index is 0.00000169. The molecule has 4 nitrogen and oxygen atoms in total. The number of rotatable bonds is 2. The van der Waals surface area contributed by atoms with Crippen molar-refractivity contribution in [3.8, 4) is 11.5 Å². The zero-order chi connectivity index (χ0) is 9.68. The minimum atomic E-state index is -0.760. The molecule has 0 amide bonds. The Morgan fingerprint density at radius 1 is 1.14 bits per heavy atom. The van der Waals surface area contributed by atoms with Crippen molar-refractivity contribution in [2.75, 3.05) is 14.2 Å². The summed E-state index contributed by atoms with van der Waals surface area (Å²) in [5.74, 6) is 0.838. The summed E-state index contributed by atoms with van der Waals surface area (Å²) in [5.41, 5.74) is 0. The predicted octanol–water partition coefficient (Wildman–Crippen LogP) is 2.48. The molecule has 1 aromatic rings. The van der Waals surface area contributed by atoms with Crippen LogP contribution in [0.3, 0.4) is 0 Å². The Morgan fingerprint density at radius 2 is 1.71 bits per heavy atom. The van der Waals surface area contributed by atoms with E-state index in [0.29, 0.717) is 11.5 Å². The molecule has 78 valence electrons. The van der Waals surface area contributed by atoms with Gasteiger partial charge in [-0.15, -0.1) is 0 Å². The molecule has 0 aromatic heterocycles. The summed E-state index contributed by atoms with van der Waals surface area (Å²) in [5, 5.41) is 0. The first kappa shape index (κ1) is 12.3. The summed E-state index contributed by atoms with van der Waals surface area (Å²) < 4.78 is 14.1. The van der Waals surface area contributed by atoms with Crippen molar-refractivity contribution in [1.29, 1.82) is 0 Å². The molecule has 4 heteroatoms. The van der Waals surface area contributed by atoms with Gasteiger partial charge in [0, 0.05) is 0 Å². The van der Waals surface area contributed by atoms with Crippen LogP contribution in [0.25, 0.3) is 0 Å². The van der Waals surface area contributed by atoms with Crippen molar-refractivity contribution < 1.29 is 19.0 Å². The lowest BCUT2D eigenvalue weighted by Gasteiger charge is -2.06. The third-order valence-corrected chi connectivity index (χ3v) is 1.43. The summed E-state index contributed by atoms with van der Waals surface area (Å²) in [6.07, 6.45) is -0.760. The van der Waals surface area contributed by atoms with Gasteiger partial charge in [0.25, 0.3) is 0 Å². The first-order chi connectivity index (χ1) is 6.27. The summed E-state index contributed by atoms with van der Waals surface area (Å²) >= 11 is 0. The van der Waals surface area contributed by atoms with E-state index in [4.69, 9.17) is 9.47 Å². The van der Waals surface area contributed by atoms with Gasteiger partial charge in [0.05, 0.1) is 14.2 Å². The van der Waals surface area contributed by atoms with Crippen LogP contribution in [-0.2, 0) is 4.74 Å². The quantitative estimate of drug-likeness (QED) is 0.541. The second kappa shape index (κ2) is 5.85. The molecule has 1 aromatic carbocycles. The standard InChI is InChI=1S/C9H10O4.CH4/c1-11-7-5-3-4-6-8(7)13-9(10)12-2;/h3-6H,1-2H3;1H4.